The predicted octanol–water partition coefficient (Wildman–Crippen LogP) is -0.241. The number of rotatable bonds is 2. The van der Waals surface area contributed by atoms with Crippen molar-refractivity contribution >= 4 is 11.7 Å². The lowest BCUT2D eigenvalue weighted by Crippen LogP contribution is -2.50. The zero-order valence-electron chi connectivity index (χ0n) is 9.01. The van der Waals surface area contributed by atoms with Crippen molar-refractivity contribution < 1.29 is 14.7 Å². The maximum absolute atomic E-state index is 11.7. The summed E-state index contributed by atoms with van der Waals surface area (Å²) in [5, 5.41) is 11.2. The van der Waals surface area contributed by atoms with Crippen LogP contribution in [0, 0.1) is 0 Å². The molecule has 1 aliphatic rings. The van der Waals surface area contributed by atoms with Crippen LogP contribution < -0.4 is 5.73 Å². The molecule has 1 amide bonds. The Bertz CT molecular complexity index is 267. The van der Waals surface area contributed by atoms with Crippen LogP contribution in [-0.2, 0) is 9.53 Å². The number of oxime groups is 1. The number of carbonyl (C=O) groups excluding carboxylic acids is 1. The monoisotopic (exact) mass is 215 g/mol. The van der Waals surface area contributed by atoms with Gasteiger partial charge in [-0.2, -0.15) is 0 Å². The molecule has 0 radical (unpaired) electrons. The second-order valence-corrected chi connectivity index (χ2v) is 3.81. The molecule has 1 saturated heterocycles. The first-order valence-electron chi connectivity index (χ1n) is 4.92. The quantitative estimate of drug-likeness (QED) is 0.288. The molecule has 15 heavy (non-hydrogen) atoms. The smallest absolute Gasteiger partial charge is 0.230 e. The molecule has 6 nitrogen and oxygen atoms in total. The molecule has 0 saturated carbocycles. The first-order valence-corrected chi connectivity index (χ1v) is 4.92. The van der Waals surface area contributed by atoms with E-state index in [9.17, 15) is 4.79 Å². The summed E-state index contributed by atoms with van der Waals surface area (Å²) in [6.07, 6.45) is -0.00876. The molecule has 0 aromatic carbocycles. The van der Waals surface area contributed by atoms with Gasteiger partial charge in [-0.15, -0.1) is 0 Å². The van der Waals surface area contributed by atoms with Crippen molar-refractivity contribution in [2.75, 3.05) is 13.2 Å². The molecular weight excluding hydrogens is 198 g/mol. The fraction of sp³-hybridized carbons (Fsp3) is 0.778. The number of hydrogen-bond acceptors (Lipinski definition) is 4. The van der Waals surface area contributed by atoms with Gasteiger partial charge in [-0.3, -0.25) is 4.79 Å². The Hall–Kier alpha value is -1.30. The van der Waals surface area contributed by atoms with E-state index in [1.54, 1.807) is 4.90 Å². The van der Waals surface area contributed by atoms with Gasteiger partial charge in [0.05, 0.1) is 25.2 Å². The molecule has 0 unspecified atom stereocenters. The van der Waals surface area contributed by atoms with Gasteiger partial charge in [0.15, 0.2) is 0 Å². The molecule has 0 spiro atoms. The van der Waals surface area contributed by atoms with Crippen molar-refractivity contribution in [3.05, 3.63) is 0 Å². The highest BCUT2D eigenvalue weighted by molar-refractivity contribution is 5.98. The number of nitrogens with two attached hydrogens (primary N) is 1. The number of carbonyl (C=O) groups is 1. The van der Waals surface area contributed by atoms with Crippen LogP contribution in [0.2, 0.25) is 0 Å². The molecule has 3 N–H and O–H groups in total. The maximum Gasteiger partial charge on any atom is 0.230 e. The van der Waals surface area contributed by atoms with Crippen LogP contribution in [0.1, 0.15) is 20.3 Å². The van der Waals surface area contributed by atoms with E-state index in [1.807, 2.05) is 13.8 Å². The van der Waals surface area contributed by atoms with Gasteiger partial charge in [-0.05, 0) is 13.8 Å². The van der Waals surface area contributed by atoms with Crippen LogP contribution in [-0.4, -0.2) is 47.1 Å². The van der Waals surface area contributed by atoms with Gasteiger partial charge >= 0.3 is 0 Å². The largest absolute Gasteiger partial charge is 0.409 e. The van der Waals surface area contributed by atoms with Gasteiger partial charge in [0.1, 0.15) is 5.84 Å². The van der Waals surface area contributed by atoms with Crippen LogP contribution in [0.25, 0.3) is 0 Å². The summed E-state index contributed by atoms with van der Waals surface area (Å²) in [7, 11) is 0. The fourth-order valence-corrected chi connectivity index (χ4v) is 1.54. The van der Waals surface area contributed by atoms with Crippen LogP contribution in [0.3, 0.4) is 0 Å². The highest BCUT2D eigenvalue weighted by atomic mass is 16.5. The van der Waals surface area contributed by atoms with Crippen LogP contribution >= 0.6 is 0 Å². The minimum atomic E-state index is -0.132. The first-order chi connectivity index (χ1) is 7.04. The Morgan fingerprint density at radius 1 is 1.67 bits per heavy atom. The van der Waals surface area contributed by atoms with E-state index in [1.165, 1.54) is 0 Å². The Morgan fingerprint density at radius 3 is 2.93 bits per heavy atom. The van der Waals surface area contributed by atoms with Crippen molar-refractivity contribution in [1.82, 2.24) is 4.90 Å². The average Bonchev–Trinajstić information content (AvgIpc) is 2.21. The second kappa shape index (κ2) is 4.97. The van der Waals surface area contributed by atoms with E-state index in [0.29, 0.717) is 13.2 Å². The third-order valence-electron chi connectivity index (χ3n) is 2.39. The van der Waals surface area contributed by atoms with E-state index in [-0.39, 0.29) is 30.3 Å². The molecule has 0 aromatic rings. The number of morpholine rings is 1. The zero-order valence-corrected chi connectivity index (χ0v) is 9.01. The Morgan fingerprint density at radius 2 is 2.33 bits per heavy atom. The van der Waals surface area contributed by atoms with Crippen molar-refractivity contribution in [2.24, 2.45) is 10.9 Å². The number of hydrogen-bond donors (Lipinski definition) is 2. The maximum atomic E-state index is 11.7. The topological polar surface area (TPSA) is 88.2 Å². The molecule has 0 bridgehead atoms. The van der Waals surface area contributed by atoms with E-state index < -0.39 is 0 Å². The molecule has 6 heteroatoms. The Kier molecular flexibility index (Phi) is 3.90. The number of amidine groups is 1. The minimum Gasteiger partial charge on any atom is -0.409 e. The lowest BCUT2D eigenvalue weighted by Gasteiger charge is -2.36. The molecule has 2 atom stereocenters. The van der Waals surface area contributed by atoms with Gasteiger partial charge < -0.3 is 20.6 Å². The van der Waals surface area contributed by atoms with Gasteiger partial charge in [-0.25, -0.2) is 0 Å². The minimum absolute atomic E-state index is 0.0393. The van der Waals surface area contributed by atoms with Gasteiger partial charge in [0.25, 0.3) is 0 Å². The first kappa shape index (κ1) is 11.8. The summed E-state index contributed by atoms with van der Waals surface area (Å²) in [5.74, 6) is -0.195. The SMILES string of the molecule is C[C@@H]1CO[C@@H](C)CN1C(=O)C/C(N)=N\O. The average molecular weight is 215 g/mol. The highest BCUT2D eigenvalue weighted by Gasteiger charge is 2.27. The standard InChI is InChI=1S/C9H17N3O3/c1-6-5-15-7(2)4-12(6)9(13)3-8(10)11-14/h6-7,14H,3-5H2,1-2H3,(H2,10,11)/t6-,7+/m1/s1. The van der Waals surface area contributed by atoms with E-state index in [2.05, 4.69) is 5.16 Å². The summed E-state index contributed by atoms with van der Waals surface area (Å²) in [5.41, 5.74) is 5.28. The zero-order chi connectivity index (χ0) is 11.4. The van der Waals surface area contributed by atoms with Crippen molar-refractivity contribution in [3.63, 3.8) is 0 Å². The molecule has 0 aromatic heterocycles. The lowest BCUT2D eigenvalue weighted by atomic mass is 10.2. The molecule has 86 valence electrons. The summed E-state index contributed by atoms with van der Waals surface area (Å²) in [6, 6.07) is 0.0418. The molecule has 1 aliphatic heterocycles. The van der Waals surface area contributed by atoms with Crippen molar-refractivity contribution in [1.29, 1.82) is 0 Å². The third kappa shape index (κ3) is 3.09. The van der Waals surface area contributed by atoms with Crippen molar-refractivity contribution in [3.8, 4) is 0 Å². The predicted molar refractivity (Wildman–Crippen MR) is 54.6 cm³/mol. The van der Waals surface area contributed by atoms with Gasteiger partial charge in [-0.1, -0.05) is 5.16 Å². The van der Waals surface area contributed by atoms with E-state index in [4.69, 9.17) is 15.7 Å². The Labute approximate surface area is 88.7 Å². The molecule has 1 heterocycles. The number of amides is 1. The normalized spacial score (nSPS) is 27.9. The summed E-state index contributed by atoms with van der Waals surface area (Å²) in [6.45, 7) is 4.91. The second-order valence-electron chi connectivity index (χ2n) is 3.81. The summed E-state index contributed by atoms with van der Waals surface area (Å²) in [4.78, 5) is 13.4. The number of ether oxygens (including phenoxy) is 1. The van der Waals surface area contributed by atoms with Crippen LogP contribution in [0.4, 0.5) is 0 Å². The fourth-order valence-electron chi connectivity index (χ4n) is 1.54. The van der Waals surface area contributed by atoms with Crippen LogP contribution in [0.5, 0.6) is 0 Å². The van der Waals surface area contributed by atoms with Gasteiger partial charge in [0.2, 0.25) is 5.91 Å². The summed E-state index contributed by atoms with van der Waals surface area (Å²) >= 11 is 0. The molecule has 1 fully saturated rings. The molecule has 0 aliphatic carbocycles. The summed E-state index contributed by atoms with van der Waals surface area (Å²) < 4.78 is 5.40. The van der Waals surface area contributed by atoms with Crippen molar-refractivity contribution in [2.45, 2.75) is 32.4 Å². The third-order valence-corrected chi connectivity index (χ3v) is 2.39. The van der Waals surface area contributed by atoms with E-state index >= 15 is 0 Å². The van der Waals surface area contributed by atoms with Gasteiger partial charge in [0, 0.05) is 6.54 Å². The highest BCUT2D eigenvalue weighted by Crippen LogP contribution is 2.12. The molecular formula is C9H17N3O3. The lowest BCUT2D eigenvalue weighted by molar-refractivity contribution is -0.141. The molecule has 1 rings (SSSR count). The van der Waals surface area contributed by atoms with E-state index in [0.717, 1.165) is 0 Å². The van der Waals surface area contributed by atoms with Crippen LogP contribution in [0.15, 0.2) is 5.16 Å². The Balaban J connectivity index is 2.57. The number of nitrogens with zero attached hydrogens (tertiary/aromatic N) is 2.